The number of nitrogens with zero attached hydrogens (tertiary/aromatic N) is 5. The minimum atomic E-state index is 0.875. The van der Waals surface area contributed by atoms with Gasteiger partial charge in [0.1, 0.15) is 0 Å². The number of fused-ring (bicyclic) bond motifs is 5. The molecule has 0 aliphatic heterocycles. The van der Waals surface area contributed by atoms with E-state index < -0.39 is 0 Å². The van der Waals surface area contributed by atoms with Gasteiger partial charge in [-0.15, -0.1) is 0 Å². The Morgan fingerprint density at radius 1 is 0.571 bits per heavy atom. The molecule has 5 nitrogen and oxygen atoms in total. The van der Waals surface area contributed by atoms with E-state index >= 15 is 0 Å². The van der Waals surface area contributed by atoms with E-state index in [1.165, 1.54) is 21.8 Å². The van der Waals surface area contributed by atoms with Crippen LogP contribution in [0.25, 0.3) is 66.4 Å². The molecule has 0 radical (unpaired) electrons. The van der Waals surface area contributed by atoms with Crippen LogP contribution < -0.4 is 0 Å². The van der Waals surface area contributed by atoms with Crippen molar-refractivity contribution in [1.29, 1.82) is 0 Å². The summed E-state index contributed by atoms with van der Waals surface area (Å²) in [5.74, 6) is 0. The molecule has 0 amide bonds. The molecule has 0 aliphatic carbocycles. The summed E-state index contributed by atoms with van der Waals surface area (Å²) in [7, 11) is 0. The van der Waals surface area contributed by atoms with Crippen molar-refractivity contribution in [2.45, 2.75) is 13.5 Å². The highest BCUT2D eigenvalue weighted by atomic mass is 15.0. The fourth-order valence-electron chi connectivity index (χ4n) is 4.96. The smallest absolute Gasteiger partial charge is 0.0894 e. The summed E-state index contributed by atoms with van der Waals surface area (Å²) in [6, 6.07) is 29.1. The fourth-order valence-corrected chi connectivity index (χ4v) is 4.96. The number of rotatable bonds is 3. The van der Waals surface area contributed by atoms with Gasteiger partial charge < -0.3 is 4.57 Å². The zero-order valence-corrected chi connectivity index (χ0v) is 19.2. The number of benzene rings is 4. The van der Waals surface area contributed by atoms with Crippen LogP contribution in [0.4, 0.5) is 0 Å². The van der Waals surface area contributed by atoms with Crippen molar-refractivity contribution in [1.82, 2.24) is 24.5 Å². The van der Waals surface area contributed by atoms with Crippen LogP contribution in [0.5, 0.6) is 0 Å². The lowest BCUT2D eigenvalue weighted by Gasteiger charge is -2.05. The predicted molar refractivity (Wildman–Crippen MR) is 142 cm³/mol. The Balaban J connectivity index is 1.43. The first-order valence-corrected chi connectivity index (χ1v) is 11.8. The molecule has 166 valence electrons. The van der Waals surface area contributed by atoms with Gasteiger partial charge in [0.2, 0.25) is 0 Å². The number of hydrogen-bond acceptors (Lipinski definition) is 4. The average molecular weight is 452 g/mol. The van der Waals surface area contributed by atoms with E-state index in [-0.39, 0.29) is 0 Å². The molecule has 0 bridgehead atoms. The lowest BCUT2D eigenvalue weighted by atomic mass is 10.0. The third-order valence-corrected chi connectivity index (χ3v) is 6.67. The van der Waals surface area contributed by atoms with Crippen LogP contribution in [0, 0.1) is 0 Å². The van der Waals surface area contributed by atoms with Crippen LogP contribution in [0.1, 0.15) is 6.92 Å². The SMILES string of the molecule is CCn1c2ccc(-c3cnc4ccccc4n3)cc2c2cc(-c3cnc4ccccc4n3)ccc21. The number of aryl methyl sites for hydroxylation is 1. The van der Waals surface area contributed by atoms with Crippen LogP contribution in [-0.4, -0.2) is 24.5 Å². The molecular weight excluding hydrogens is 430 g/mol. The molecule has 35 heavy (non-hydrogen) atoms. The molecule has 0 atom stereocenters. The lowest BCUT2D eigenvalue weighted by Crippen LogP contribution is -1.93. The first-order valence-electron chi connectivity index (χ1n) is 11.8. The van der Waals surface area contributed by atoms with Crippen molar-refractivity contribution in [2.24, 2.45) is 0 Å². The van der Waals surface area contributed by atoms with Gasteiger partial charge in [-0.1, -0.05) is 36.4 Å². The van der Waals surface area contributed by atoms with Gasteiger partial charge in [0.25, 0.3) is 0 Å². The molecule has 7 aromatic rings. The van der Waals surface area contributed by atoms with Crippen molar-refractivity contribution in [3.8, 4) is 22.5 Å². The Hall–Kier alpha value is -4.64. The molecule has 0 aliphatic rings. The maximum absolute atomic E-state index is 4.87. The Bertz CT molecular complexity index is 1760. The minimum Gasteiger partial charge on any atom is -0.341 e. The maximum Gasteiger partial charge on any atom is 0.0894 e. The third-order valence-electron chi connectivity index (χ3n) is 6.67. The lowest BCUT2D eigenvalue weighted by molar-refractivity contribution is 0.827. The normalized spacial score (nSPS) is 11.7. The second kappa shape index (κ2) is 7.71. The monoisotopic (exact) mass is 451 g/mol. The van der Waals surface area contributed by atoms with Crippen LogP contribution in [0.15, 0.2) is 97.3 Å². The van der Waals surface area contributed by atoms with E-state index in [2.05, 4.69) is 57.9 Å². The average Bonchev–Trinajstić information content (AvgIpc) is 3.24. The summed E-state index contributed by atoms with van der Waals surface area (Å²) in [5, 5.41) is 2.40. The summed E-state index contributed by atoms with van der Waals surface area (Å²) >= 11 is 0. The topological polar surface area (TPSA) is 56.5 Å². The zero-order chi connectivity index (χ0) is 23.4. The molecule has 5 heteroatoms. The fraction of sp³-hybridized carbons (Fsp3) is 0.0667. The molecule has 3 heterocycles. The highest BCUT2D eigenvalue weighted by Crippen LogP contribution is 2.35. The van der Waals surface area contributed by atoms with Crippen LogP contribution >= 0.6 is 0 Å². The largest absolute Gasteiger partial charge is 0.341 e. The van der Waals surface area contributed by atoms with Crippen LogP contribution in [0.2, 0.25) is 0 Å². The quantitative estimate of drug-likeness (QED) is 0.289. The Kier molecular flexibility index (Phi) is 4.36. The first kappa shape index (κ1) is 19.8. The summed E-state index contributed by atoms with van der Waals surface area (Å²) in [6.07, 6.45) is 3.72. The van der Waals surface area contributed by atoms with Gasteiger partial charge in [-0.25, -0.2) is 9.97 Å². The molecule has 0 spiro atoms. The molecule has 3 aromatic heterocycles. The van der Waals surface area contributed by atoms with E-state index in [1.807, 2.05) is 60.9 Å². The molecule has 4 aromatic carbocycles. The molecule has 0 unspecified atom stereocenters. The van der Waals surface area contributed by atoms with Gasteiger partial charge in [0.05, 0.1) is 45.8 Å². The first-order chi connectivity index (χ1) is 17.3. The summed E-state index contributed by atoms with van der Waals surface area (Å²) in [5.41, 5.74) is 9.89. The highest BCUT2D eigenvalue weighted by Gasteiger charge is 2.14. The molecule has 0 saturated carbocycles. The number of aromatic nitrogens is 5. The van der Waals surface area contributed by atoms with E-state index in [4.69, 9.17) is 9.97 Å². The van der Waals surface area contributed by atoms with E-state index in [1.54, 1.807) is 0 Å². The van der Waals surface area contributed by atoms with Crippen molar-refractivity contribution >= 4 is 43.9 Å². The second-order valence-electron chi connectivity index (χ2n) is 8.70. The Morgan fingerprint density at radius 2 is 1.03 bits per heavy atom. The van der Waals surface area contributed by atoms with Gasteiger partial charge in [-0.05, 0) is 55.5 Å². The number of para-hydroxylation sites is 4. The third kappa shape index (κ3) is 3.16. The standard InChI is InChI=1S/C30H21N5/c1-2-35-29-13-11-19(27-17-31-23-7-3-5-9-25(23)33-27)15-21(29)22-16-20(12-14-30(22)35)28-18-32-24-8-4-6-10-26(24)34-28/h3-18H,2H2,1H3. The molecule has 0 fully saturated rings. The second-order valence-corrected chi connectivity index (χ2v) is 8.70. The van der Waals surface area contributed by atoms with Gasteiger partial charge in [-0.3, -0.25) is 9.97 Å². The summed E-state index contributed by atoms with van der Waals surface area (Å²) < 4.78 is 2.36. The minimum absolute atomic E-state index is 0.875. The van der Waals surface area contributed by atoms with Crippen LogP contribution in [-0.2, 0) is 6.54 Å². The molecule has 0 saturated heterocycles. The van der Waals surface area contributed by atoms with Crippen molar-refractivity contribution in [3.05, 3.63) is 97.3 Å². The highest BCUT2D eigenvalue weighted by molar-refractivity contribution is 6.10. The van der Waals surface area contributed by atoms with Crippen molar-refractivity contribution in [2.75, 3.05) is 0 Å². The van der Waals surface area contributed by atoms with Gasteiger partial charge in [0, 0.05) is 39.5 Å². The van der Waals surface area contributed by atoms with Crippen molar-refractivity contribution < 1.29 is 0 Å². The molecular formula is C30H21N5. The van der Waals surface area contributed by atoms with Crippen molar-refractivity contribution in [3.63, 3.8) is 0 Å². The van der Waals surface area contributed by atoms with Gasteiger partial charge in [-0.2, -0.15) is 0 Å². The Morgan fingerprint density at radius 3 is 1.49 bits per heavy atom. The molecule has 0 N–H and O–H groups in total. The van der Waals surface area contributed by atoms with Gasteiger partial charge in [0.15, 0.2) is 0 Å². The summed E-state index contributed by atoms with van der Waals surface area (Å²) in [4.78, 5) is 19.0. The van der Waals surface area contributed by atoms with E-state index in [9.17, 15) is 0 Å². The van der Waals surface area contributed by atoms with E-state index in [0.29, 0.717) is 0 Å². The Labute approximate surface area is 201 Å². The maximum atomic E-state index is 4.87. The predicted octanol–water partition coefficient (Wildman–Crippen LogP) is 7.03. The van der Waals surface area contributed by atoms with E-state index in [0.717, 1.165) is 51.1 Å². The van der Waals surface area contributed by atoms with Crippen LogP contribution in [0.3, 0.4) is 0 Å². The number of hydrogen-bond donors (Lipinski definition) is 0. The zero-order valence-electron chi connectivity index (χ0n) is 19.2. The summed E-state index contributed by atoms with van der Waals surface area (Å²) in [6.45, 7) is 3.08. The molecule has 7 rings (SSSR count). The van der Waals surface area contributed by atoms with Gasteiger partial charge >= 0.3 is 0 Å².